The van der Waals surface area contributed by atoms with Crippen LogP contribution in [-0.2, 0) is 9.84 Å². The van der Waals surface area contributed by atoms with Gasteiger partial charge in [-0.1, -0.05) is 35.0 Å². The third-order valence-electron chi connectivity index (χ3n) is 2.62. The quantitative estimate of drug-likeness (QED) is 0.928. The van der Waals surface area contributed by atoms with E-state index in [-0.39, 0.29) is 5.75 Å². The lowest BCUT2D eigenvalue weighted by Gasteiger charge is -2.18. The summed E-state index contributed by atoms with van der Waals surface area (Å²) in [6.07, 6.45) is -0.974. The van der Waals surface area contributed by atoms with Gasteiger partial charge in [0, 0.05) is 10.2 Å². The first-order valence-corrected chi connectivity index (χ1v) is 7.54. The number of benzene rings is 1. The highest BCUT2D eigenvalue weighted by Crippen LogP contribution is 2.23. The maximum atomic E-state index is 11.6. The molecule has 0 fully saturated rings. The van der Waals surface area contributed by atoms with E-state index < -0.39 is 21.2 Å². The Bertz CT molecular complexity index is 439. The number of hydrogen-bond donors (Lipinski definition) is 1. The van der Waals surface area contributed by atoms with Crippen LogP contribution in [0.15, 0.2) is 28.7 Å². The number of sulfone groups is 1. The van der Waals surface area contributed by atoms with E-state index in [0.29, 0.717) is 5.56 Å². The van der Waals surface area contributed by atoms with Gasteiger partial charge < -0.3 is 5.11 Å². The fourth-order valence-corrected chi connectivity index (χ4v) is 2.73. The molecule has 0 saturated heterocycles. The molecule has 2 atom stereocenters. The molecule has 0 radical (unpaired) electrons. The van der Waals surface area contributed by atoms with Crippen LogP contribution in [0.4, 0.5) is 0 Å². The van der Waals surface area contributed by atoms with Gasteiger partial charge in [0.25, 0.3) is 0 Å². The van der Waals surface area contributed by atoms with Crippen molar-refractivity contribution in [3.63, 3.8) is 0 Å². The summed E-state index contributed by atoms with van der Waals surface area (Å²) in [5, 5.41) is 9.17. The number of aliphatic hydroxyl groups excluding tert-OH is 1. The molecule has 1 aromatic rings. The maximum Gasteiger partial charge on any atom is 0.155 e. The second kappa shape index (κ2) is 5.29. The van der Waals surface area contributed by atoms with E-state index in [4.69, 9.17) is 0 Å². The predicted octanol–water partition coefficient (Wildman–Crippen LogP) is 2.31. The molecule has 0 spiro atoms. The molecule has 0 amide bonds. The minimum atomic E-state index is -3.22. The standard InChI is InChI=1S/C11H15BrO3S/c1-3-16(14,15)8(2)11(13)9-4-6-10(12)7-5-9/h4-8,11,13H,3H2,1-2H3/t8-,11+/m1/s1. The molecular weight excluding hydrogens is 292 g/mol. The lowest BCUT2D eigenvalue weighted by atomic mass is 10.1. The van der Waals surface area contributed by atoms with E-state index in [9.17, 15) is 13.5 Å². The first-order chi connectivity index (χ1) is 7.38. The SMILES string of the molecule is CCS(=O)(=O)[C@H](C)[C@H](O)c1ccc(Br)cc1. The van der Waals surface area contributed by atoms with Crippen LogP contribution in [0.2, 0.25) is 0 Å². The summed E-state index contributed by atoms with van der Waals surface area (Å²) in [7, 11) is -3.22. The minimum Gasteiger partial charge on any atom is -0.387 e. The Kier molecular flexibility index (Phi) is 4.52. The third kappa shape index (κ3) is 3.06. The highest BCUT2D eigenvalue weighted by atomic mass is 79.9. The molecule has 0 saturated carbocycles. The number of hydrogen-bond acceptors (Lipinski definition) is 3. The Labute approximate surface area is 105 Å². The van der Waals surface area contributed by atoms with Gasteiger partial charge in [0.2, 0.25) is 0 Å². The zero-order valence-electron chi connectivity index (χ0n) is 9.22. The average molecular weight is 307 g/mol. The summed E-state index contributed by atoms with van der Waals surface area (Å²) in [5.41, 5.74) is 0.618. The Morgan fingerprint density at radius 2 is 1.81 bits per heavy atom. The fraction of sp³-hybridized carbons (Fsp3) is 0.455. The van der Waals surface area contributed by atoms with Crippen molar-refractivity contribution in [2.75, 3.05) is 5.75 Å². The molecule has 1 aromatic carbocycles. The van der Waals surface area contributed by atoms with Crippen molar-refractivity contribution in [1.29, 1.82) is 0 Å². The summed E-state index contributed by atoms with van der Waals surface area (Å²) < 4.78 is 24.1. The van der Waals surface area contributed by atoms with Crippen molar-refractivity contribution >= 4 is 25.8 Å². The van der Waals surface area contributed by atoms with E-state index >= 15 is 0 Å². The zero-order chi connectivity index (χ0) is 12.3. The van der Waals surface area contributed by atoms with Gasteiger partial charge >= 0.3 is 0 Å². The van der Waals surface area contributed by atoms with Gasteiger partial charge in [0.1, 0.15) is 0 Å². The van der Waals surface area contributed by atoms with E-state index in [1.54, 1.807) is 31.2 Å². The number of aliphatic hydroxyl groups is 1. The van der Waals surface area contributed by atoms with E-state index in [0.717, 1.165) is 4.47 Å². The second-order valence-electron chi connectivity index (χ2n) is 3.65. The van der Waals surface area contributed by atoms with Crippen molar-refractivity contribution in [1.82, 2.24) is 0 Å². The summed E-state index contributed by atoms with van der Waals surface area (Å²) in [6.45, 7) is 3.12. The van der Waals surface area contributed by atoms with Gasteiger partial charge in [-0.3, -0.25) is 0 Å². The molecule has 3 nitrogen and oxygen atoms in total. The van der Waals surface area contributed by atoms with Crippen LogP contribution in [-0.4, -0.2) is 24.5 Å². The average Bonchev–Trinajstić information content (AvgIpc) is 2.28. The number of rotatable bonds is 4. The van der Waals surface area contributed by atoms with Gasteiger partial charge in [-0.05, 0) is 24.6 Å². The first-order valence-electron chi connectivity index (χ1n) is 5.03. The topological polar surface area (TPSA) is 54.4 Å². The van der Waals surface area contributed by atoms with Gasteiger partial charge in [0.15, 0.2) is 9.84 Å². The van der Waals surface area contributed by atoms with Crippen molar-refractivity contribution in [2.45, 2.75) is 25.2 Å². The molecule has 0 aliphatic heterocycles. The molecule has 0 aliphatic rings. The minimum absolute atomic E-state index is 0.0434. The Balaban J connectivity index is 2.94. The first kappa shape index (κ1) is 13.7. The lowest BCUT2D eigenvalue weighted by Crippen LogP contribution is -2.26. The Morgan fingerprint density at radius 1 is 1.31 bits per heavy atom. The summed E-state index contributed by atoms with van der Waals surface area (Å²) >= 11 is 3.28. The van der Waals surface area contributed by atoms with Crippen LogP contribution in [0.3, 0.4) is 0 Å². The summed E-state index contributed by atoms with van der Waals surface area (Å²) in [5.74, 6) is 0.0434. The molecular formula is C11H15BrO3S. The highest BCUT2D eigenvalue weighted by Gasteiger charge is 2.27. The molecule has 0 unspecified atom stereocenters. The van der Waals surface area contributed by atoms with E-state index in [1.807, 2.05) is 0 Å². The van der Waals surface area contributed by atoms with Gasteiger partial charge in [0.05, 0.1) is 11.4 Å². The molecule has 90 valence electrons. The van der Waals surface area contributed by atoms with E-state index in [2.05, 4.69) is 15.9 Å². The van der Waals surface area contributed by atoms with Crippen LogP contribution in [0, 0.1) is 0 Å². The summed E-state index contributed by atoms with van der Waals surface area (Å²) in [4.78, 5) is 0. The zero-order valence-corrected chi connectivity index (χ0v) is 11.6. The van der Waals surface area contributed by atoms with Crippen molar-refractivity contribution in [3.05, 3.63) is 34.3 Å². The van der Waals surface area contributed by atoms with Crippen LogP contribution in [0.1, 0.15) is 25.5 Å². The monoisotopic (exact) mass is 306 g/mol. The maximum absolute atomic E-state index is 11.6. The smallest absolute Gasteiger partial charge is 0.155 e. The molecule has 1 N–H and O–H groups in total. The number of halogens is 1. The molecule has 1 rings (SSSR count). The van der Waals surface area contributed by atoms with Gasteiger partial charge in [-0.15, -0.1) is 0 Å². The Hall–Kier alpha value is -0.390. The van der Waals surface area contributed by atoms with Crippen LogP contribution in [0.25, 0.3) is 0 Å². The molecule has 0 bridgehead atoms. The van der Waals surface area contributed by atoms with Crippen molar-refractivity contribution in [2.24, 2.45) is 0 Å². The molecule has 0 aromatic heterocycles. The highest BCUT2D eigenvalue weighted by molar-refractivity contribution is 9.10. The molecule has 16 heavy (non-hydrogen) atoms. The normalized spacial score (nSPS) is 15.8. The van der Waals surface area contributed by atoms with Gasteiger partial charge in [-0.25, -0.2) is 8.42 Å². The predicted molar refractivity (Wildman–Crippen MR) is 68.0 cm³/mol. The molecule has 5 heteroatoms. The Morgan fingerprint density at radius 3 is 2.25 bits per heavy atom. The van der Waals surface area contributed by atoms with Crippen LogP contribution < -0.4 is 0 Å². The molecule has 0 aliphatic carbocycles. The van der Waals surface area contributed by atoms with Crippen LogP contribution >= 0.6 is 15.9 Å². The second-order valence-corrected chi connectivity index (χ2v) is 7.22. The van der Waals surface area contributed by atoms with Crippen LogP contribution in [0.5, 0.6) is 0 Å². The van der Waals surface area contributed by atoms with Crippen molar-refractivity contribution < 1.29 is 13.5 Å². The third-order valence-corrected chi connectivity index (χ3v) is 5.35. The lowest BCUT2D eigenvalue weighted by molar-refractivity contribution is 0.176. The molecule has 0 heterocycles. The van der Waals surface area contributed by atoms with Crippen molar-refractivity contribution in [3.8, 4) is 0 Å². The fourth-order valence-electron chi connectivity index (χ4n) is 1.39. The summed E-state index contributed by atoms with van der Waals surface area (Å²) in [6, 6.07) is 7.00. The largest absolute Gasteiger partial charge is 0.387 e. The van der Waals surface area contributed by atoms with E-state index in [1.165, 1.54) is 6.92 Å². The van der Waals surface area contributed by atoms with Gasteiger partial charge in [-0.2, -0.15) is 0 Å².